The molecule has 0 radical (unpaired) electrons. The quantitative estimate of drug-likeness (QED) is 0.293. The second-order valence-electron chi connectivity index (χ2n) is 13.2. The third-order valence-electron chi connectivity index (χ3n) is 10.8. The molecule has 0 spiro atoms. The highest BCUT2D eigenvalue weighted by Crippen LogP contribution is 2.45. The number of aromatic hydroxyl groups is 1. The van der Waals surface area contributed by atoms with Crippen molar-refractivity contribution in [3.8, 4) is 5.75 Å². The van der Waals surface area contributed by atoms with E-state index in [0.717, 1.165) is 50.0 Å². The van der Waals surface area contributed by atoms with Crippen LogP contribution >= 0.6 is 0 Å². The molecule has 4 heterocycles. The predicted molar refractivity (Wildman–Crippen MR) is 174 cm³/mol. The molecule has 0 aliphatic carbocycles. The summed E-state index contributed by atoms with van der Waals surface area (Å²) in [4.78, 5) is 22.7. The standard InChI is InChI=1S/C35H41N5O4S/c1-24-37-31-9-5-6-10-32(31)40(24)28-21-26-11-12-27(22-28)39(26)20-17-35(25-7-3-2-4-8-25)15-18-38(19-16-35)34(42)30-23-29(45(36,43)44)13-14-33(30)41/h2-10,13-14,23,26-28,41H,11-12,15-22H2,1H3,(H2,36,43,44)/t26-,27+,28+. The first-order valence-electron chi connectivity index (χ1n) is 16.0. The lowest BCUT2D eigenvalue weighted by Gasteiger charge is -2.45. The fraction of sp³-hybridized carbons (Fsp3) is 0.429. The molecule has 7 rings (SSSR count). The normalized spacial score (nSPS) is 23.4. The summed E-state index contributed by atoms with van der Waals surface area (Å²) in [5, 5.41) is 15.7. The maximum absolute atomic E-state index is 13.5. The first kappa shape index (κ1) is 30.0. The fourth-order valence-corrected chi connectivity index (χ4v) is 8.98. The number of carbonyl (C=O) groups excluding carboxylic acids is 1. The zero-order chi connectivity index (χ0) is 31.3. The minimum absolute atomic E-state index is 0.0333. The molecule has 4 aromatic rings. The van der Waals surface area contributed by atoms with E-state index in [4.69, 9.17) is 10.1 Å². The van der Waals surface area contributed by atoms with Crippen molar-refractivity contribution in [2.24, 2.45) is 5.14 Å². The highest BCUT2D eigenvalue weighted by Gasteiger charge is 2.44. The van der Waals surface area contributed by atoms with Gasteiger partial charge in [0.15, 0.2) is 0 Å². The molecule has 3 N–H and O–H groups in total. The van der Waals surface area contributed by atoms with Crippen molar-refractivity contribution in [3.63, 3.8) is 0 Å². The number of para-hydroxylation sites is 2. The lowest BCUT2D eigenvalue weighted by molar-refractivity contribution is 0.0604. The van der Waals surface area contributed by atoms with Gasteiger partial charge in [-0.25, -0.2) is 18.5 Å². The number of amides is 1. The Labute approximate surface area is 264 Å². The number of benzene rings is 3. The molecule has 3 atom stereocenters. The van der Waals surface area contributed by atoms with Crippen LogP contribution in [-0.2, 0) is 15.4 Å². The summed E-state index contributed by atoms with van der Waals surface area (Å²) < 4.78 is 26.3. The number of piperidine rings is 2. The number of phenols is 1. The summed E-state index contributed by atoms with van der Waals surface area (Å²) in [6, 6.07) is 24.3. The second-order valence-corrected chi connectivity index (χ2v) is 14.7. The van der Waals surface area contributed by atoms with Crippen LogP contribution in [0, 0.1) is 6.92 Å². The molecule has 3 aliphatic heterocycles. The van der Waals surface area contributed by atoms with Gasteiger partial charge in [-0.1, -0.05) is 42.5 Å². The molecule has 3 aliphatic rings. The molecular formula is C35H41N5O4S. The van der Waals surface area contributed by atoms with Gasteiger partial charge in [0, 0.05) is 31.2 Å². The third kappa shape index (κ3) is 5.53. The van der Waals surface area contributed by atoms with Crippen LogP contribution in [0.2, 0.25) is 0 Å². The number of carbonyl (C=O) groups is 1. The number of nitrogens with zero attached hydrogens (tertiary/aromatic N) is 4. The zero-order valence-corrected chi connectivity index (χ0v) is 26.5. The van der Waals surface area contributed by atoms with Crippen molar-refractivity contribution in [3.05, 3.63) is 89.7 Å². The van der Waals surface area contributed by atoms with Gasteiger partial charge in [0.1, 0.15) is 11.6 Å². The molecular weight excluding hydrogens is 586 g/mol. The van der Waals surface area contributed by atoms with Crippen molar-refractivity contribution in [2.45, 2.75) is 80.3 Å². The van der Waals surface area contributed by atoms with E-state index in [1.54, 1.807) is 4.90 Å². The maximum Gasteiger partial charge on any atom is 0.257 e. The van der Waals surface area contributed by atoms with Gasteiger partial charge in [0.25, 0.3) is 5.91 Å². The first-order valence-corrected chi connectivity index (χ1v) is 17.6. The molecule has 3 fully saturated rings. The van der Waals surface area contributed by atoms with E-state index in [1.807, 2.05) is 6.07 Å². The monoisotopic (exact) mass is 627 g/mol. The Morgan fingerprint density at radius 1 is 0.956 bits per heavy atom. The number of rotatable bonds is 7. The van der Waals surface area contributed by atoms with Gasteiger partial charge in [0.05, 0.1) is 21.5 Å². The van der Waals surface area contributed by atoms with Crippen LogP contribution in [0.5, 0.6) is 5.75 Å². The minimum atomic E-state index is -4.00. The topological polar surface area (TPSA) is 122 Å². The van der Waals surface area contributed by atoms with Crippen molar-refractivity contribution < 1.29 is 18.3 Å². The molecule has 45 heavy (non-hydrogen) atoms. The third-order valence-corrected chi connectivity index (χ3v) is 11.7. The van der Waals surface area contributed by atoms with E-state index in [-0.39, 0.29) is 27.5 Å². The van der Waals surface area contributed by atoms with Crippen molar-refractivity contribution >= 4 is 27.0 Å². The molecule has 0 unspecified atom stereocenters. The molecule has 3 saturated heterocycles. The Balaban J connectivity index is 1.07. The van der Waals surface area contributed by atoms with Crippen LogP contribution in [0.1, 0.15) is 72.7 Å². The van der Waals surface area contributed by atoms with Crippen LogP contribution < -0.4 is 5.14 Å². The maximum atomic E-state index is 13.5. The molecule has 9 nitrogen and oxygen atoms in total. The average Bonchev–Trinajstić information content (AvgIpc) is 3.50. The van der Waals surface area contributed by atoms with Crippen LogP contribution in [0.4, 0.5) is 0 Å². The smallest absolute Gasteiger partial charge is 0.257 e. The van der Waals surface area contributed by atoms with Crippen molar-refractivity contribution in [1.82, 2.24) is 19.4 Å². The Kier molecular flexibility index (Phi) is 7.70. The van der Waals surface area contributed by atoms with E-state index in [2.05, 4.69) is 64.9 Å². The summed E-state index contributed by atoms with van der Waals surface area (Å²) in [7, 11) is -4.00. The molecule has 3 aromatic carbocycles. The number of fused-ring (bicyclic) bond motifs is 3. The number of nitrogens with two attached hydrogens (primary N) is 1. The number of sulfonamides is 1. The van der Waals surface area contributed by atoms with Gasteiger partial charge >= 0.3 is 0 Å². The summed E-state index contributed by atoms with van der Waals surface area (Å²) in [5.74, 6) is 0.482. The zero-order valence-electron chi connectivity index (χ0n) is 25.7. The molecule has 10 heteroatoms. The highest BCUT2D eigenvalue weighted by molar-refractivity contribution is 7.89. The average molecular weight is 628 g/mol. The van der Waals surface area contributed by atoms with Gasteiger partial charge in [-0.15, -0.1) is 0 Å². The Bertz CT molecular complexity index is 1820. The van der Waals surface area contributed by atoms with E-state index < -0.39 is 10.0 Å². The molecule has 2 bridgehead atoms. The number of hydrogen-bond acceptors (Lipinski definition) is 6. The number of primary sulfonamides is 1. The lowest BCUT2D eigenvalue weighted by Crippen LogP contribution is -2.49. The lowest BCUT2D eigenvalue weighted by atomic mass is 9.70. The number of likely N-dealkylation sites (tertiary alicyclic amines) is 1. The second kappa shape index (κ2) is 11.6. The van der Waals surface area contributed by atoms with Crippen molar-refractivity contribution in [2.75, 3.05) is 19.6 Å². The number of phenolic OH excluding ortho intramolecular Hbond substituents is 1. The first-order chi connectivity index (χ1) is 21.6. The summed E-state index contributed by atoms with van der Waals surface area (Å²) in [6.07, 6.45) is 7.34. The number of imidazole rings is 1. The van der Waals surface area contributed by atoms with E-state index >= 15 is 0 Å². The van der Waals surface area contributed by atoms with Crippen LogP contribution in [0.25, 0.3) is 11.0 Å². The van der Waals surface area contributed by atoms with Gasteiger partial charge in [0.2, 0.25) is 10.0 Å². The van der Waals surface area contributed by atoms with Crippen LogP contribution in [-0.4, -0.2) is 70.5 Å². The van der Waals surface area contributed by atoms with Gasteiger partial charge in [-0.2, -0.15) is 0 Å². The minimum Gasteiger partial charge on any atom is -0.507 e. The predicted octanol–water partition coefficient (Wildman–Crippen LogP) is 5.13. The SMILES string of the molecule is Cc1nc2ccccc2n1[C@H]1C[C@H]2CC[C@@H](C1)N2CCC1(c2ccccc2)CCN(C(=O)c2cc(S(N)(=O)=O)ccc2O)CC1. The number of aromatic nitrogens is 2. The molecule has 1 amide bonds. The number of hydrogen-bond donors (Lipinski definition) is 2. The fourth-order valence-electron chi connectivity index (χ4n) is 8.44. The Hall–Kier alpha value is -3.73. The summed E-state index contributed by atoms with van der Waals surface area (Å²) in [6.45, 7) is 4.20. The van der Waals surface area contributed by atoms with Gasteiger partial charge < -0.3 is 14.6 Å². The molecule has 236 valence electrons. The van der Waals surface area contributed by atoms with Gasteiger partial charge in [-0.3, -0.25) is 9.69 Å². The Morgan fingerprint density at radius 2 is 1.62 bits per heavy atom. The van der Waals surface area contributed by atoms with E-state index in [1.165, 1.54) is 42.1 Å². The highest BCUT2D eigenvalue weighted by atomic mass is 32.2. The van der Waals surface area contributed by atoms with E-state index in [9.17, 15) is 18.3 Å². The van der Waals surface area contributed by atoms with Crippen LogP contribution in [0.3, 0.4) is 0 Å². The van der Waals surface area contributed by atoms with E-state index in [0.29, 0.717) is 31.2 Å². The Morgan fingerprint density at radius 3 is 2.31 bits per heavy atom. The number of aryl methyl sites for hydroxylation is 1. The molecule has 1 aromatic heterocycles. The summed E-state index contributed by atoms with van der Waals surface area (Å²) in [5.41, 5.74) is 3.51. The van der Waals surface area contributed by atoms with Crippen molar-refractivity contribution in [1.29, 1.82) is 0 Å². The summed E-state index contributed by atoms with van der Waals surface area (Å²) >= 11 is 0. The molecule has 0 saturated carbocycles. The van der Waals surface area contributed by atoms with Gasteiger partial charge in [-0.05, 0) is 99.7 Å². The largest absolute Gasteiger partial charge is 0.507 e. The van der Waals surface area contributed by atoms with Crippen LogP contribution in [0.15, 0.2) is 77.7 Å².